The molecule has 0 radical (unpaired) electrons. The van der Waals surface area contributed by atoms with Gasteiger partial charge in [-0.15, -0.1) is 0 Å². The van der Waals surface area contributed by atoms with Gasteiger partial charge in [0, 0.05) is 18.8 Å². The molecule has 2 unspecified atom stereocenters. The molecule has 0 amide bonds. The maximum Gasteiger partial charge on any atom is 0.0522 e. The predicted octanol–water partition coefficient (Wildman–Crippen LogP) is 1.87. The van der Waals surface area contributed by atoms with Crippen molar-refractivity contribution in [3.05, 3.63) is 18.0 Å². The van der Waals surface area contributed by atoms with E-state index < -0.39 is 0 Å². The summed E-state index contributed by atoms with van der Waals surface area (Å²) in [5, 5.41) is 4.19. The lowest BCUT2D eigenvalue weighted by Gasteiger charge is -2.36. The van der Waals surface area contributed by atoms with Gasteiger partial charge in [-0.25, -0.2) is 0 Å². The fourth-order valence-corrected chi connectivity index (χ4v) is 2.83. The Morgan fingerprint density at radius 3 is 3.07 bits per heavy atom. The summed E-state index contributed by atoms with van der Waals surface area (Å²) in [6.07, 6.45) is 9.92. The van der Waals surface area contributed by atoms with Crippen LogP contribution in [0.1, 0.15) is 38.2 Å². The van der Waals surface area contributed by atoms with Crippen LogP contribution < -0.4 is 5.73 Å². The quantitative estimate of drug-likeness (QED) is 0.804. The van der Waals surface area contributed by atoms with Gasteiger partial charge in [0.25, 0.3) is 0 Å². The topological polar surface area (TPSA) is 43.8 Å². The number of aryl methyl sites for hydroxylation is 1. The molecule has 0 aromatic carbocycles. The molecule has 0 bridgehead atoms. The monoisotopic (exact) mass is 207 g/mol. The van der Waals surface area contributed by atoms with E-state index in [4.69, 9.17) is 5.73 Å². The number of hydrogen-bond donors (Lipinski definition) is 1. The van der Waals surface area contributed by atoms with E-state index in [0.717, 1.165) is 25.2 Å². The van der Waals surface area contributed by atoms with Crippen molar-refractivity contribution in [3.63, 3.8) is 0 Å². The molecule has 15 heavy (non-hydrogen) atoms. The van der Waals surface area contributed by atoms with Gasteiger partial charge >= 0.3 is 0 Å². The first-order valence-electron chi connectivity index (χ1n) is 5.84. The van der Waals surface area contributed by atoms with Crippen LogP contribution in [0.4, 0.5) is 0 Å². The zero-order valence-electron chi connectivity index (χ0n) is 9.74. The summed E-state index contributed by atoms with van der Waals surface area (Å²) in [7, 11) is 1.95. The van der Waals surface area contributed by atoms with E-state index in [2.05, 4.69) is 18.2 Å². The lowest BCUT2D eigenvalue weighted by Crippen LogP contribution is -2.45. The van der Waals surface area contributed by atoms with Crippen LogP contribution in [0, 0.1) is 5.92 Å². The highest BCUT2D eigenvalue weighted by molar-refractivity contribution is 5.10. The average Bonchev–Trinajstić information content (AvgIpc) is 2.49. The van der Waals surface area contributed by atoms with Crippen molar-refractivity contribution in [3.8, 4) is 0 Å². The second-order valence-corrected chi connectivity index (χ2v) is 5.26. The molecule has 1 aromatic rings. The van der Waals surface area contributed by atoms with Crippen LogP contribution in [0.2, 0.25) is 0 Å². The Morgan fingerprint density at radius 1 is 1.67 bits per heavy atom. The third kappa shape index (κ3) is 2.59. The average molecular weight is 207 g/mol. The summed E-state index contributed by atoms with van der Waals surface area (Å²) >= 11 is 0. The molecule has 0 aliphatic heterocycles. The first kappa shape index (κ1) is 10.7. The SMILES string of the molecule is CC1CCCC(N)(Cc2cnn(C)c2)C1. The smallest absolute Gasteiger partial charge is 0.0522 e. The van der Waals surface area contributed by atoms with Crippen LogP contribution in [-0.2, 0) is 13.5 Å². The van der Waals surface area contributed by atoms with Crippen LogP contribution >= 0.6 is 0 Å². The standard InChI is InChI=1S/C12H21N3/c1-10-4-3-5-12(13,6-10)7-11-8-14-15(2)9-11/h8-10H,3-7,13H2,1-2H3. The normalized spacial score (nSPS) is 31.8. The van der Waals surface area contributed by atoms with Gasteiger partial charge in [-0.1, -0.05) is 19.8 Å². The predicted molar refractivity (Wildman–Crippen MR) is 61.5 cm³/mol. The molecular weight excluding hydrogens is 186 g/mol. The Hall–Kier alpha value is -0.830. The van der Waals surface area contributed by atoms with Crippen LogP contribution in [0.5, 0.6) is 0 Å². The van der Waals surface area contributed by atoms with E-state index in [0.29, 0.717) is 0 Å². The second-order valence-electron chi connectivity index (χ2n) is 5.26. The van der Waals surface area contributed by atoms with E-state index in [-0.39, 0.29) is 5.54 Å². The lowest BCUT2D eigenvalue weighted by atomic mass is 9.74. The van der Waals surface area contributed by atoms with Crippen molar-refractivity contribution in [2.45, 2.75) is 44.6 Å². The molecule has 3 heteroatoms. The highest BCUT2D eigenvalue weighted by atomic mass is 15.2. The summed E-state index contributed by atoms with van der Waals surface area (Å²) in [6.45, 7) is 2.31. The fourth-order valence-electron chi connectivity index (χ4n) is 2.83. The number of nitrogens with two attached hydrogens (primary N) is 1. The largest absolute Gasteiger partial charge is 0.325 e. The zero-order valence-corrected chi connectivity index (χ0v) is 9.74. The second kappa shape index (κ2) is 3.97. The summed E-state index contributed by atoms with van der Waals surface area (Å²) in [5.74, 6) is 0.778. The molecule has 0 saturated heterocycles. The van der Waals surface area contributed by atoms with Crippen molar-refractivity contribution in [1.82, 2.24) is 9.78 Å². The van der Waals surface area contributed by atoms with Gasteiger partial charge in [-0.05, 0) is 30.7 Å². The summed E-state index contributed by atoms with van der Waals surface area (Å²) < 4.78 is 1.85. The van der Waals surface area contributed by atoms with Crippen molar-refractivity contribution in [1.29, 1.82) is 0 Å². The van der Waals surface area contributed by atoms with Crippen LogP contribution in [-0.4, -0.2) is 15.3 Å². The molecule has 1 fully saturated rings. The van der Waals surface area contributed by atoms with E-state index in [1.165, 1.54) is 18.4 Å². The van der Waals surface area contributed by atoms with E-state index in [1.807, 2.05) is 17.9 Å². The van der Waals surface area contributed by atoms with E-state index in [1.54, 1.807) is 0 Å². The van der Waals surface area contributed by atoms with Crippen molar-refractivity contribution < 1.29 is 0 Å². The van der Waals surface area contributed by atoms with E-state index in [9.17, 15) is 0 Å². The van der Waals surface area contributed by atoms with Gasteiger partial charge in [0.15, 0.2) is 0 Å². The minimum atomic E-state index is 0.0146. The molecule has 1 aliphatic rings. The molecule has 1 aliphatic carbocycles. The highest BCUT2D eigenvalue weighted by Crippen LogP contribution is 2.32. The molecule has 3 nitrogen and oxygen atoms in total. The lowest BCUT2D eigenvalue weighted by molar-refractivity contribution is 0.235. The molecule has 2 N–H and O–H groups in total. The van der Waals surface area contributed by atoms with Gasteiger partial charge in [0.2, 0.25) is 0 Å². The Morgan fingerprint density at radius 2 is 2.47 bits per heavy atom. The molecule has 0 spiro atoms. The summed E-state index contributed by atoms with van der Waals surface area (Å²) in [6, 6.07) is 0. The first-order valence-corrected chi connectivity index (χ1v) is 5.84. The number of hydrogen-bond acceptors (Lipinski definition) is 2. The Bertz CT molecular complexity index is 331. The van der Waals surface area contributed by atoms with Crippen LogP contribution in [0.15, 0.2) is 12.4 Å². The number of nitrogens with zero attached hydrogens (tertiary/aromatic N) is 2. The van der Waals surface area contributed by atoms with Crippen molar-refractivity contribution >= 4 is 0 Å². The minimum absolute atomic E-state index is 0.0146. The fraction of sp³-hybridized carbons (Fsp3) is 0.750. The minimum Gasteiger partial charge on any atom is -0.325 e. The van der Waals surface area contributed by atoms with Crippen molar-refractivity contribution in [2.75, 3.05) is 0 Å². The summed E-state index contributed by atoms with van der Waals surface area (Å²) in [5.41, 5.74) is 7.74. The summed E-state index contributed by atoms with van der Waals surface area (Å²) in [4.78, 5) is 0. The van der Waals surface area contributed by atoms with E-state index >= 15 is 0 Å². The Kier molecular flexibility index (Phi) is 2.83. The Balaban J connectivity index is 2.03. The van der Waals surface area contributed by atoms with Gasteiger partial charge in [-0.3, -0.25) is 4.68 Å². The maximum absolute atomic E-state index is 6.45. The van der Waals surface area contributed by atoms with Gasteiger partial charge < -0.3 is 5.73 Å². The molecule has 1 heterocycles. The van der Waals surface area contributed by atoms with Gasteiger partial charge in [-0.2, -0.15) is 5.10 Å². The molecule has 2 atom stereocenters. The van der Waals surface area contributed by atoms with Crippen LogP contribution in [0.25, 0.3) is 0 Å². The van der Waals surface area contributed by atoms with Gasteiger partial charge in [0.05, 0.1) is 6.20 Å². The van der Waals surface area contributed by atoms with Gasteiger partial charge in [0.1, 0.15) is 0 Å². The molecular formula is C12H21N3. The third-order valence-electron chi connectivity index (χ3n) is 3.44. The Labute approximate surface area is 91.7 Å². The molecule has 2 rings (SSSR count). The maximum atomic E-state index is 6.45. The third-order valence-corrected chi connectivity index (χ3v) is 3.44. The van der Waals surface area contributed by atoms with Crippen molar-refractivity contribution in [2.24, 2.45) is 18.7 Å². The zero-order chi connectivity index (χ0) is 10.9. The molecule has 84 valence electrons. The highest BCUT2D eigenvalue weighted by Gasteiger charge is 2.31. The molecule has 1 aromatic heterocycles. The van der Waals surface area contributed by atoms with Crippen LogP contribution in [0.3, 0.4) is 0 Å². The number of rotatable bonds is 2. The first-order chi connectivity index (χ1) is 7.07. The number of aromatic nitrogens is 2. The molecule has 1 saturated carbocycles.